The predicted molar refractivity (Wildman–Crippen MR) is 129 cm³/mol. The van der Waals surface area contributed by atoms with Gasteiger partial charge in [0.25, 0.3) is 11.8 Å². The van der Waals surface area contributed by atoms with E-state index in [2.05, 4.69) is 5.43 Å². The maximum Gasteiger partial charge on any atom is 0.338 e. The van der Waals surface area contributed by atoms with Crippen molar-refractivity contribution >= 4 is 52.2 Å². The van der Waals surface area contributed by atoms with Crippen LogP contribution in [0, 0.1) is 0 Å². The number of esters is 1. The Morgan fingerprint density at radius 3 is 2.61 bits per heavy atom. The largest absolute Gasteiger partial charge is 0.462 e. The zero-order chi connectivity index (χ0) is 23.4. The molecule has 0 aliphatic carbocycles. The topological polar surface area (TPSA) is 88.9 Å². The number of hydrazine groups is 1. The van der Waals surface area contributed by atoms with Crippen molar-refractivity contribution in [2.24, 2.45) is 0 Å². The standard InChI is InChI=1S/C24H18N2O5S2/c1-2-30-23(29)17-10-6-9-16(13-17)19-12-11-18(31-19)14-20-22(28)26(24(32)33-20)25-21(27)15-7-4-3-5-8-15/h3-14H,2H2,1H3,(H,25,27)/b20-14+. The molecule has 9 heteroatoms. The van der Waals surface area contributed by atoms with Gasteiger partial charge in [-0.05, 0) is 55.5 Å². The molecule has 4 rings (SSSR count). The molecular weight excluding hydrogens is 460 g/mol. The summed E-state index contributed by atoms with van der Waals surface area (Å²) in [5, 5.41) is 1.05. The van der Waals surface area contributed by atoms with Gasteiger partial charge >= 0.3 is 5.97 Å². The second-order valence-electron chi connectivity index (χ2n) is 6.83. The van der Waals surface area contributed by atoms with E-state index in [1.54, 1.807) is 73.7 Å². The number of hydrogen-bond donors (Lipinski definition) is 1. The third-order valence-corrected chi connectivity index (χ3v) is 5.90. The van der Waals surface area contributed by atoms with E-state index >= 15 is 0 Å². The minimum atomic E-state index is -0.448. The molecule has 1 N–H and O–H groups in total. The maximum atomic E-state index is 12.8. The van der Waals surface area contributed by atoms with Crippen molar-refractivity contribution in [2.75, 3.05) is 6.61 Å². The second kappa shape index (κ2) is 9.85. The van der Waals surface area contributed by atoms with Gasteiger partial charge in [-0.3, -0.25) is 15.0 Å². The van der Waals surface area contributed by atoms with Crippen LogP contribution in [0.1, 0.15) is 33.4 Å². The highest BCUT2D eigenvalue weighted by Gasteiger charge is 2.34. The Morgan fingerprint density at radius 1 is 1.09 bits per heavy atom. The summed E-state index contributed by atoms with van der Waals surface area (Å²) in [4.78, 5) is 37.5. The van der Waals surface area contributed by atoms with E-state index in [4.69, 9.17) is 21.4 Å². The number of ether oxygens (including phenoxy) is 1. The highest BCUT2D eigenvalue weighted by Crippen LogP contribution is 2.33. The van der Waals surface area contributed by atoms with Crippen molar-refractivity contribution < 1.29 is 23.5 Å². The molecule has 0 saturated carbocycles. The lowest BCUT2D eigenvalue weighted by Gasteiger charge is -2.15. The van der Waals surface area contributed by atoms with Gasteiger partial charge in [0.1, 0.15) is 11.5 Å². The number of thiocarbonyl (C=S) groups is 1. The van der Waals surface area contributed by atoms with Crippen LogP contribution in [0.15, 0.2) is 76.1 Å². The third kappa shape index (κ3) is 5.05. The molecule has 1 fully saturated rings. The summed E-state index contributed by atoms with van der Waals surface area (Å²) >= 11 is 6.32. The van der Waals surface area contributed by atoms with Crippen LogP contribution >= 0.6 is 24.0 Å². The molecular formula is C24H18N2O5S2. The first-order valence-electron chi connectivity index (χ1n) is 9.97. The zero-order valence-electron chi connectivity index (χ0n) is 17.4. The molecule has 0 atom stereocenters. The first-order chi connectivity index (χ1) is 16.0. The van der Waals surface area contributed by atoms with Gasteiger partial charge in [-0.15, -0.1) is 0 Å². The van der Waals surface area contributed by atoms with Crippen molar-refractivity contribution in [3.05, 3.63) is 88.5 Å². The molecule has 1 aliphatic rings. The van der Waals surface area contributed by atoms with Crippen LogP contribution in [0.5, 0.6) is 0 Å². The van der Waals surface area contributed by atoms with Crippen LogP contribution in [0.2, 0.25) is 0 Å². The molecule has 7 nitrogen and oxygen atoms in total. The highest BCUT2D eigenvalue weighted by atomic mass is 32.2. The number of rotatable bonds is 6. The van der Waals surface area contributed by atoms with Crippen LogP contribution < -0.4 is 5.43 Å². The lowest BCUT2D eigenvalue weighted by Crippen LogP contribution is -2.44. The summed E-state index contributed by atoms with van der Waals surface area (Å²) in [5.74, 6) is -0.333. The van der Waals surface area contributed by atoms with E-state index in [-0.39, 0.29) is 10.9 Å². The average molecular weight is 479 g/mol. The van der Waals surface area contributed by atoms with Gasteiger partial charge in [0.2, 0.25) is 0 Å². The van der Waals surface area contributed by atoms with Crippen molar-refractivity contribution in [2.45, 2.75) is 6.92 Å². The Bertz CT molecular complexity index is 1270. The van der Waals surface area contributed by atoms with Gasteiger partial charge in [0, 0.05) is 17.2 Å². The summed E-state index contributed by atoms with van der Waals surface area (Å²) < 4.78 is 11.1. The minimum absolute atomic E-state index is 0.212. The molecule has 2 amide bonds. The number of carbonyl (C=O) groups excluding carboxylic acids is 3. The SMILES string of the molecule is CCOC(=O)c1cccc(-c2ccc(/C=C3/SC(=S)N(NC(=O)c4ccccc4)C3=O)o2)c1. The summed E-state index contributed by atoms with van der Waals surface area (Å²) in [6.45, 7) is 2.04. The number of nitrogens with one attached hydrogen (secondary N) is 1. The normalized spacial score (nSPS) is 14.6. The second-order valence-corrected chi connectivity index (χ2v) is 8.50. The molecule has 0 bridgehead atoms. The number of hydrogen-bond acceptors (Lipinski definition) is 7. The van der Waals surface area contributed by atoms with Gasteiger partial charge in [-0.2, -0.15) is 5.01 Å². The summed E-state index contributed by atoms with van der Waals surface area (Å²) in [5.41, 5.74) is 4.07. The smallest absolute Gasteiger partial charge is 0.338 e. The summed E-state index contributed by atoms with van der Waals surface area (Å²) in [6.07, 6.45) is 1.56. The fourth-order valence-corrected chi connectivity index (χ4v) is 4.21. The number of thioether (sulfide) groups is 1. The van der Waals surface area contributed by atoms with E-state index < -0.39 is 17.8 Å². The predicted octanol–water partition coefficient (Wildman–Crippen LogP) is 4.67. The molecule has 2 heterocycles. The quantitative estimate of drug-likeness (QED) is 0.313. The molecule has 0 spiro atoms. The Labute approximate surface area is 199 Å². The summed E-state index contributed by atoms with van der Waals surface area (Å²) in [7, 11) is 0. The maximum absolute atomic E-state index is 12.8. The van der Waals surface area contributed by atoms with Crippen LogP contribution in [0.25, 0.3) is 17.4 Å². The molecule has 1 saturated heterocycles. The van der Waals surface area contributed by atoms with E-state index in [1.807, 2.05) is 6.07 Å². The Morgan fingerprint density at radius 2 is 1.85 bits per heavy atom. The Hall–Kier alpha value is -3.69. The van der Waals surface area contributed by atoms with Gasteiger partial charge in [-0.1, -0.05) is 42.1 Å². The average Bonchev–Trinajstić information content (AvgIpc) is 3.40. The number of carbonyl (C=O) groups is 3. The number of nitrogens with zero attached hydrogens (tertiary/aromatic N) is 1. The van der Waals surface area contributed by atoms with Crippen molar-refractivity contribution in [1.29, 1.82) is 0 Å². The minimum Gasteiger partial charge on any atom is -0.462 e. The monoisotopic (exact) mass is 478 g/mol. The first-order valence-corrected chi connectivity index (χ1v) is 11.2. The van der Waals surface area contributed by atoms with E-state index in [0.717, 1.165) is 16.8 Å². The zero-order valence-corrected chi connectivity index (χ0v) is 19.1. The van der Waals surface area contributed by atoms with Crippen molar-refractivity contribution in [3.8, 4) is 11.3 Å². The fraction of sp³-hybridized carbons (Fsp3) is 0.0833. The first kappa shape index (κ1) is 22.5. The number of benzene rings is 2. The van der Waals surface area contributed by atoms with Crippen LogP contribution in [-0.2, 0) is 9.53 Å². The molecule has 1 aromatic heterocycles. The molecule has 1 aliphatic heterocycles. The number of furan rings is 1. The Kier molecular flexibility index (Phi) is 6.71. The van der Waals surface area contributed by atoms with Crippen LogP contribution in [-0.4, -0.2) is 33.7 Å². The van der Waals surface area contributed by atoms with E-state index in [1.165, 1.54) is 0 Å². The molecule has 2 aromatic carbocycles. The van der Waals surface area contributed by atoms with E-state index in [0.29, 0.717) is 33.1 Å². The lowest BCUT2D eigenvalue weighted by molar-refractivity contribution is -0.123. The highest BCUT2D eigenvalue weighted by molar-refractivity contribution is 8.26. The molecule has 0 unspecified atom stereocenters. The molecule has 166 valence electrons. The van der Waals surface area contributed by atoms with Gasteiger partial charge in [0.15, 0.2) is 4.32 Å². The lowest BCUT2D eigenvalue weighted by atomic mass is 10.1. The van der Waals surface area contributed by atoms with E-state index in [9.17, 15) is 14.4 Å². The van der Waals surface area contributed by atoms with Crippen molar-refractivity contribution in [3.63, 3.8) is 0 Å². The van der Waals surface area contributed by atoms with Crippen molar-refractivity contribution in [1.82, 2.24) is 10.4 Å². The molecule has 33 heavy (non-hydrogen) atoms. The fourth-order valence-electron chi connectivity index (χ4n) is 3.05. The molecule has 0 radical (unpaired) electrons. The van der Waals surface area contributed by atoms with Gasteiger partial charge in [-0.25, -0.2) is 4.79 Å². The van der Waals surface area contributed by atoms with Crippen LogP contribution in [0.4, 0.5) is 0 Å². The third-order valence-electron chi connectivity index (χ3n) is 4.60. The van der Waals surface area contributed by atoms with Crippen LogP contribution in [0.3, 0.4) is 0 Å². The number of amides is 2. The molecule has 3 aromatic rings. The Balaban J connectivity index is 1.50. The summed E-state index contributed by atoms with van der Waals surface area (Å²) in [6, 6.07) is 18.9. The van der Waals surface area contributed by atoms with Gasteiger partial charge < -0.3 is 9.15 Å². The van der Waals surface area contributed by atoms with Gasteiger partial charge in [0.05, 0.1) is 17.1 Å².